The molecule has 5 rings (SSSR count). The topological polar surface area (TPSA) is 43.7 Å². The molecule has 28 heavy (non-hydrogen) atoms. The van der Waals surface area contributed by atoms with Crippen LogP contribution in [0.3, 0.4) is 0 Å². The minimum absolute atomic E-state index is 0.116. The Morgan fingerprint density at radius 2 is 1.71 bits per heavy atom. The molecule has 1 aliphatic rings. The highest BCUT2D eigenvalue weighted by atomic mass is 19.1. The molecule has 0 unspecified atom stereocenters. The Morgan fingerprint density at radius 3 is 2.50 bits per heavy atom. The van der Waals surface area contributed by atoms with Crippen LogP contribution in [0.4, 0.5) is 4.39 Å². The van der Waals surface area contributed by atoms with Gasteiger partial charge in [-0.1, -0.05) is 12.1 Å². The van der Waals surface area contributed by atoms with E-state index in [9.17, 15) is 9.18 Å². The molecular weight excluding hydrogens is 359 g/mol. The van der Waals surface area contributed by atoms with Crippen LogP contribution in [-0.2, 0) is 6.54 Å². The number of halogens is 1. The molecule has 0 fully saturated rings. The van der Waals surface area contributed by atoms with E-state index in [-0.39, 0.29) is 18.2 Å². The van der Waals surface area contributed by atoms with E-state index in [1.54, 1.807) is 10.6 Å². The van der Waals surface area contributed by atoms with E-state index in [1.807, 2.05) is 43.3 Å². The monoisotopic (exact) mass is 378 g/mol. The third-order valence-corrected chi connectivity index (χ3v) is 5.27. The van der Waals surface area contributed by atoms with Gasteiger partial charge in [0.15, 0.2) is 11.5 Å². The number of hydrogen-bond acceptors (Lipinski definition) is 4. The van der Waals surface area contributed by atoms with Gasteiger partial charge in [0.1, 0.15) is 5.82 Å². The van der Waals surface area contributed by atoms with Crippen molar-refractivity contribution < 1.29 is 13.9 Å². The second-order valence-electron chi connectivity index (χ2n) is 7.34. The Bertz CT molecular complexity index is 1310. The fourth-order valence-corrected chi connectivity index (χ4v) is 3.89. The van der Waals surface area contributed by atoms with Gasteiger partial charge in [-0.3, -0.25) is 4.79 Å². The van der Waals surface area contributed by atoms with Crippen LogP contribution in [-0.4, -0.2) is 36.9 Å². The van der Waals surface area contributed by atoms with Crippen LogP contribution in [0, 0.1) is 5.82 Å². The lowest BCUT2D eigenvalue weighted by Gasteiger charge is -2.17. The number of fused-ring (bicyclic) bond motifs is 6. The highest BCUT2D eigenvalue weighted by Gasteiger charge is 2.19. The van der Waals surface area contributed by atoms with Crippen molar-refractivity contribution in [1.29, 1.82) is 0 Å². The second kappa shape index (κ2) is 6.21. The summed E-state index contributed by atoms with van der Waals surface area (Å²) in [5, 5.41) is 3.84. The fraction of sp³-hybridized carbons (Fsp3) is 0.227. The minimum Gasteiger partial charge on any atom is -0.454 e. The van der Waals surface area contributed by atoms with Crippen molar-refractivity contribution in [3.05, 3.63) is 58.6 Å². The molecule has 142 valence electrons. The average molecular weight is 378 g/mol. The molecule has 0 aliphatic carbocycles. The maximum absolute atomic E-state index is 14.0. The van der Waals surface area contributed by atoms with E-state index in [1.165, 1.54) is 12.1 Å². The lowest BCUT2D eigenvalue weighted by Crippen LogP contribution is -2.27. The second-order valence-corrected chi connectivity index (χ2v) is 7.34. The number of aromatic nitrogens is 1. The van der Waals surface area contributed by atoms with Crippen LogP contribution in [0.1, 0.15) is 0 Å². The van der Waals surface area contributed by atoms with Gasteiger partial charge < -0.3 is 18.9 Å². The van der Waals surface area contributed by atoms with E-state index in [0.29, 0.717) is 35.4 Å². The van der Waals surface area contributed by atoms with Crippen LogP contribution < -0.4 is 15.0 Å². The van der Waals surface area contributed by atoms with E-state index < -0.39 is 0 Å². The quantitative estimate of drug-likeness (QED) is 0.510. The zero-order valence-electron chi connectivity index (χ0n) is 15.7. The first-order valence-corrected chi connectivity index (χ1v) is 9.16. The van der Waals surface area contributed by atoms with E-state index in [4.69, 9.17) is 9.47 Å². The van der Waals surface area contributed by atoms with Crippen molar-refractivity contribution in [1.82, 2.24) is 9.47 Å². The summed E-state index contributed by atoms with van der Waals surface area (Å²) in [6.45, 7) is 1.43. The summed E-state index contributed by atoms with van der Waals surface area (Å²) in [5.41, 5.74) is 0.676. The largest absolute Gasteiger partial charge is 0.454 e. The smallest absolute Gasteiger partial charge is 0.258 e. The Labute approximate surface area is 160 Å². The third-order valence-electron chi connectivity index (χ3n) is 5.27. The average Bonchev–Trinajstić information content (AvgIpc) is 3.13. The predicted octanol–water partition coefficient (Wildman–Crippen LogP) is 3.74. The van der Waals surface area contributed by atoms with Gasteiger partial charge in [0.2, 0.25) is 6.79 Å². The standard InChI is InChI=1S/C22H19FN2O3/c1-24(2)7-8-25-21-15(18-10-14(23)4-6-16(18)22(25)26)5-3-13-9-19-20(11-17(13)21)28-12-27-19/h3-6,9-11H,7-8,12H2,1-2H3. The van der Waals surface area contributed by atoms with Crippen molar-refractivity contribution in [3.8, 4) is 11.5 Å². The number of likely N-dealkylation sites (N-methyl/N-ethyl adjacent to an activating group) is 1. The zero-order valence-corrected chi connectivity index (χ0v) is 15.7. The summed E-state index contributed by atoms with van der Waals surface area (Å²) in [4.78, 5) is 15.3. The molecule has 0 radical (unpaired) electrons. The van der Waals surface area contributed by atoms with Crippen molar-refractivity contribution in [2.45, 2.75) is 6.54 Å². The molecule has 5 nitrogen and oxygen atoms in total. The van der Waals surface area contributed by atoms with Gasteiger partial charge in [0.25, 0.3) is 5.56 Å². The van der Waals surface area contributed by atoms with Gasteiger partial charge in [-0.2, -0.15) is 0 Å². The van der Waals surface area contributed by atoms with Gasteiger partial charge in [-0.25, -0.2) is 4.39 Å². The first-order chi connectivity index (χ1) is 13.5. The molecule has 0 N–H and O–H groups in total. The third kappa shape index (κ3) is 2.52. The number of ether oxygens (including phenoxy) is 2. The molecule has 6 heteroatoms. The number of rotatable bonds is 3. The van der Waals surface area contributed by atoms with Gasteiger partial charge in [0, 0.05) is 29.2 Å². The van der Waals surface area contributed by atoms with Gasteiger partial charge in [0.05, 0.1) is 5.52 Å². The number of pyridine rings is 1. The summed E-state index contributed by atoms with van der Waals surface area (Å²) < 4.78 is 26.8. The molecule has 0 atom stereocenters. The van der Waals surface area contributed by atoms with Gasteiger partial charge in [-0.05, 0) is 55.2 Å². The molecule has 0 bridgehead atoms. The minimum atomic E-state index is -0.356. The molecular formula is C22H19FN2O3. The Kier molecular flexibility index (Phi) is 3.77. The number of benzene rings is 3. The molecule has 0 saturated carbocycles. The lowest BCUT2D eigenvalue weighted by atomic mass is 10.00. The summed E-state index contributed by atoms with van der Waals surface area (Å²) in [5.74, 6) is 0.997. The molecule has 2 heterocycles. The Hall–Kier alpha value is -3.12. The maximum atomic E-state index is 14.0. The van der Waals surface area contributed by atoms with Gasteiger partial charge in [-0.15, -0.1) is 0 Å². The molecule has 0 amide bonds. The number of nitrogens with zero attached hydrogens (tertiary/aromatic N) is 2. The summed E-state index contributed by atoms with van der Waals surface area (Å²) >= 11 is 0. The Balaban J connectivity index is 1.95. The molecule has 0 spiro atoms. The Morgan fingerprint density at radius 1 is 0.964 bits per heavy atom. The summed E-state index contributed by atoms with van der Waals surface area (Å²) in [6.07, 6.45) is 0. The lowest BCUT2D eigenvalue weighted by molar-refractivity contribution is 0.174. The number of hydrogen-bond donors (Lipinski definition) is 0. The zero-order chi connectivity index (χ0) is 19.4. The predicted molar refractivity (Wildman–Crippen MR) is 108 cm³/mol. The maximum Gasteiger partial charge on any atom is 0.258 e. The normalized spacial score (nSPS) is 13.3. The van der Waals surface area contributed by atoms with Crippen molar-refractivity contribution in [3.63, 3.8) is 0 Å². The van der Waals surface area contributed by atoms with Crippen molar-refractivity contribution in [2.24, 2.45) is 0 Å². The molecule has 1 aliphatic heterocycles. The van der Waals surface area contributed by atoms with Crippen LogP contribution in [0.2, 0.25) is 0 Å². The van der Waals surface area contributed by atoms with Gasteiger partial charge >= 0.3 is 0 Å². The van der Waals surface area contributed by atoms with E-state index in [0.717, 1.165) is 21.7 Å². The highest BCUT2D eigenvalue weighted by Crippen LogP contribution is 2.39. The first-order valence-electron chi connectivity index (χ1n) is 9.16. The van der Waals surface area contributed by atoms with Crippen molar-refractivity contribution in [2.75, 3.05) is 27.4 Å². The highest BCUT2D eigenvalue weighted by molar-refractivity contribution is 6.15. The first kappa shape index (κ1) is 17.0. The summed E-state index contributed by atoms with van der Waals surface area (Å²) in [7, 11) is 3.94. The molecule has 3 aromatic carbocycles. The van der Waals surface area contributed by atoms with Crippen molar-refractivity contribution >= 4 is 32.4 Å². The molecule has 1 aromatic heterocycles. The van der Waals surface area contributed by atoms with Crippen LogP contribution in [0.25, 0.3) is 32.4 Å². The van der Waals surface area contributed by atoms with E-state index >= 15 is 0 Å². The molecule has 0 saturated heterocycles. The van der Waals surface area contributed by atoms with Crippen LogP contribution in [0.15, 0.2) is 47.3 Å². The fourth-order valence-electron chi connectivity index (χ4n) is 3.89. The SMILES string of the molecule is CN(C)CCn1c(=O)c2ccc(F)cc2c2ccc3cc4c(cc3c21)OCO4. The van der Waals surface area contributed by atoms with Crippen LogP contribution >= 0.6 is 0 Å². The summed E-state index contributed by atoms with van der Waals surface area (Å²) in [6, 6.07) is 12.1. The van der Waals surface area contributed by atoms with Crippen LogP contribution in [0.5, 0.6) is 11.5 Å². The molecule has 4 aromatic rings. The van der Waals surface area contributed by atoms with E-state index in [2.05, 4.69) is 0 Å².